The largest absolute Gasteiger partial charge is 0.476 e. The van der Waals surface area contributed by atoms with Crippen molar-refractivity contribution in [2.24, 2.45) is 0 Å². The Labute approximate surface area is 84.8 Å². The molecule has 0 saturated carbocycles. The van der Waals surface area contributed by atoms with E-state index in [-0.39, 0.29) is 5.69 Å². The van der Waals surface area contributed by atoms with Gasteiger partial charge in [0.1, 0.15) is 0 Å². The van der Waals surface area contributed by atoms with Crippen LogP contribution in [0.15, 0.2) is 36.2 Å². The zero-order valence-electron chi connectivity index (χ0n) is 7.53. The lowest BCUT2D eigenvalue weighted by molar-refractivity contribution is -0.133. The van der Waals surface area contributed by atoms with Crippen LogP contribution in [-0.2, 0) is 4.79 Å². The van der Waals surface area contributed by atoms with E-state index in [9.17, 15) is 15.2 Å². The number of rotatable bonds is 1. The van der Waals surface area contributed by atoms with Crippen LogP contribution in [0, 0.1) is 0 Å². The van der Waals surface area contributed by atoms with Crippen molar-refractivity contribution in [3.05, 3.63) is 36.2 Å². The third-order valence-corrected chi connectivity index (χ3v) is 2.05. The van der Waals surface area contributed by atoms with Crippen LogP contribution >= 0.6 is 0 Å². The first-order chi connectivity index (χ1) is 7.11. The SMILES string of the molecule is O=C(O)C1=CN(O)c2ccccc2N1O. The number of aliphatic carboxylic acids is 1. The molecule has 15 heavy (non-hydrogen) atoms. The van der Waals surface area contributed by atoms with E-state index in [0.717, 1.165) is 6.20 Å². The van der Waals surface area contributed by atoms with Crippen molar-refractivity contribution < 1.29 is 20.3 Å². The number of hydrogen-bond acceptors (Lipinski definition) is 5. The number of carbonyl (C=O) groups is 1. The number of hydrogen-bond donors (Lipinski definition) is 3. The van der Waals surface area contributed by atoms with Crippen molar-refractivity contribution >= 4 is 17.3 Å². The Bertz CT molecular complexity index is 443. The first-order valence-electron chi connectivity index (χ1n) is 4.12. The van der Waals surface area contributed by atoms with Gasteiger partial charge in [-0.05, 0) is 12.1 Å². The van der Waals surface area contributed by atoms with Crippen molar-refractivity contribution in [2.75, 3.05) is 10.1 Å². The molecule has 0 aliphatic carbocycles. The summed E-state index contributed by atoms with van der Waals surface area (Å²) in [5.74, 6) is -1.33. The highest BCUT2D eigenvalue weighted by molar-refractivity contribution is 5.94. The number of anilines is 2. The summed E-state index contributed by atoms with van der Waals surface area (Å²) in [6, 6.07) is 6.33. The van der Waals surface area contributed by atoms with Crippen LogP contribution in [0.1, 0.15) is 0 Å². The molecule has 0 bridgehead atoms. The first-order valence-corrected chi connectivity index (χ1v) is 4.12. The van der Waals surface area contributed by atoms with Crippen molar-refractivity contribution in [3.8, 4) is 0 Å². The van der Waals surface area contributed by atoms with Crippen LogP contribution in [0.2, 0.25) is 0 Å². The predicted molar refractivity (Wildman–Crippen MR) is 50.7 cm³/mol. The summed E-state index contributed by atoms with van der Waals surface area (Å²) in [5, 5.41) is 28.9. The molecular formula is C9H8N2O4. The Morgan fingerprint density at radius 3 is 2.33 bits per heavy atom. The van der Waals surface area contributed by atoms with E-state index in [1.807, 2.05) is 0 Å². The molecule has 0 spiro atoms. The summed E-state index contributed by atoms with van der Waals surface area (Å²) >= 11 is 0. The van der Waals surface area contributed by atoms with E-state index in [1.165, 1.54) is 6.07 Å². The average Bonchev–Trinajstić information content (AvgIpc) is 2.23. The highest BCUT2D eigenvalue weighted by Crippen LogP contribution is 2.33. The lowest BCUT2D eigenvalue weighted by atomic mass is 10.2. The second kappa shape index (κ2) is 3.26. The minimum Gasteiger partial charge on any atom is -0.476 e. The maximum atomic E-state index is 10.7. The summed E-state index contributed by atoms with van der Waals surface area (Å²) in [5.41, 5.74) is 0.0982. The van der Waals surface area contributed by atoms with Crippen LogP contribution in [0.25, 0.3) is 0 Å². The van der Waals surface area contributed by atoms with Gasteiger partial charge in [-0.3, -0.25) is 10.4 Å². The molecule has 6 nitrogen and oxygen atoms in total. The fourth-order valence-corrected chi connectivity index (χ4v) is 1.35. The molecule has 1 aromatic rings. The average molecular weight is 208 g/mol. The quantitative estimate of drug-likeness (QED) is 0.638. The third-order valence-electron chi connectivity index (χ3n) is 2.05. The first kappa shape index (κ1) is 9.50. The number of benzene rings is 1. The van der Waals surface area contributed by atoms with Gasteiger partial charge < -0.3 is 5.11 Å². The molecule has 1 aliphatic heterocycles. The van der Waals surface area contributed by atoms with Crippen LogP contribution < -0.4 is 10.1 Å². The molecule has 6 heteroatoms. The van der Waals surface area contributed by atoms with E-state index < -0.39 is 11.7 Å². The second-order valence-electron chi connectivity index (χ2n) is 2.96. The fourth-order valence-electron chi connectivity index (χ4n) is 1.35. The van der Waals surface area contributed by atoms with Gasteiger partial charge in [0, 0.05) is 0 Å². The number of carboxylic acids is 1. The van der Waals surface area contributed by atoms with Gasteiger partial charge in [-0.1, -0.05) is 12.1 Å². The molecule has 3 N–H and O–H groups in total. The van der Waals surface area contributed by atoms with Crippen molar-refractivity contribution in [3.63, 3.8) is 0 Å². The number of para-hydroxylation sites is 2. The Balaban J connectivity index is 2.53. The van der Waals surface area contributed by atoms with Gasteiger partial charge in [-0.2, -0.15) is 0 Å². The maximum Gasteiger partial charge on any atom is 0.356 e. The zero-order valence-corrected chi connectivity index (χ0v) is 7.53. The zero-order chi connectivity index (χ0) is 11.0. The van der Waals surface area contributed by atoms with Crippen molar-refractivity contribution in [1.82, 2.24) is 0 Å². The summed E-state index contributed by atoms with van der Waals surface area (Å²) in [4.78, 5) is 10.7. The van der Waals surface area contributed by atoms with Gasteiger partial charge in [0.15, 0.2) is 5.70 Å². The Morgan fingerprint density at radius 1 is 1.13 bits per heavy atom. The van der Waals surface area contributed by atoms with Crippen LogP contribution in [0.3, 0.4) is 0 Å². The lowest BCUT2D eigenvalue weighted by Gasteiger charge is -2.28. The van der Waals surface area contributed by atoms with E-state index in [4.69, 9.17) is 5.11 Å². The van der Waals surface area contributed by atoms with Gasteiger partial charge in [0.25, 0.3) is 0 Å². The summed E-state index contributed by atoms with van der Waals surface area (Å²) < 4.78 is 0. The molecule has 1 heterocycles. The molecule has 0 amide bonds. The summed E-state index contributed by atoms with van der Waals surface area (Å²) in [6.45, 7) is 0. The predicted octanol–water partition coefficient (Wildman–Crippen LogP) is 1.02. The Morgan fingerprint density at radius 2 is 1.73 bits per heavy atom. The van der Waals surface area contributed by atoms with Crippen molar-refractivity contribution in [1.29, 1.82) is 0 Å². The van der Waals surface area contributed by atoms with Gasteiger partial charge in [-0.25, -0.2) is 14.9 Å². The number of hydroxylamine groups is 2. The number of carboxylic acid groups (broad SMARTS) is 1. The second-order valence-corrected chi connectivity index (χ2v) is 2.96. The van der Waals surface area contributed by atoms with E-state index in [2.05, 4.69) is 0 Å². The highest BCUT2D eigenvalue weighted by Gasteiger charge is 2.26. The molecule has 1 aromatic carbocycles. The molecule has 0 aromatic heterocycles. The minimum absolute atomic E-state index is 0.208. The van der Waals surface area contributed by atoms with Gasteiger partial charge >= 0.3 is 5.97 Å². The van der Waals surface area contributed by atoms with E-state index >= 15 is 0 Å². The molecular weight excluding hydrogens is 200 g/mol. The normalized spacial score (nSPS) is 14.7. The van der Waals surface area contributed by atoms with Gasteiger partial charge in [0.05, 0.1) is 17.6 Å². The molecule has 0 unspecified atom stereocenters. The van der Waals surface area contributed by atoms with Crippen molar-refractivity contribution in [2.45, 2.75) is 0 Å². The molecule has 78 valence electrons. The smallest absolute Gasteiger partial charge is 0.356 e. The highest BCUT2D eigenvalue weighted by atomic mass is 16.5. The summed E-state index contributed by atoms with van der Waals surface area (Å²) in [6.07, 6.45) is 0.921. The maximum absolute atomic E-state index is 10.7. The van der Waals surface area contributed by atoms with Crippen LogP contribution in [-0.4, -0.2) is 21.5 Å². The van der Waals surface area contributed by atoms with Gasteiger partial charge in [0.2, 0.25) is 0 Å². The van der Waals surface area contributed by atoms with Crippen LogP contribution in [0.5, 0.6) is 0 Å². The van der Waals surface area contributed by atoms with E-state index in [1.54, 1.807) is 18.2 Å². The molecule has 0 atom stereocenters. The lowest BCUT2D eigenvalue weighted by Crippen LogP contribution is -2.31. The molecule has 0 fully saturated rings. The Hall–Kier alpha value is -2.05. The monoisotopic (exact) mass is 208 g/mol. The third kappa shape index (κ3) is 1.41. The molecule has 1 aliphatic rings. The Kier molecular flexibility index (Phi) is 2.07. The minimum atomic E-state index is -1.33. The molecule has 0 radical (unpaired) electrons. The van der Waals surface area contributed by atoms with E-state index in [0.29, 0.717) is 15.8 Å². The molecule has 2 rings (SSSR count). The van der Waals surface area contributed by atoms with Crippen LogP contribution in [0.4, 0.5) is 11.4 Å². The van der Waals surface area contributed by atoms with Gasteiger partial charge in [-0.15, -0.1) is 0 Å². The molecule has 0 saturated heterocycles. The number of nitrogens with zero attached hydrogens (tertiary/aromatic N) is 2. The summed E-state index contributed by atoms with van der Waals surface area (Å²) in [7, 11) is 0. The standard InChI is InChI=1S/C9H8N2O4/c12-9(13)8-5-10(14)6-3-1-2-4-7(6)11(8)15/h1-5,14-15H,(H,12,13). The topological polar surface area (TPSA) is 84.2 Å². The number of fused-ring (bicyclic) bond motifs is 1. The fraction of sp³-hybridized carbons (Fsp3) is 0.